The second kappa shape index (κ2) is 9.56. The van der Waals surface area contributed by atoms with Crippen molar-refractivity contribution in [1.29, 1.82) is 0 Å². The molecule has 1 aliphatic carbocycles. The lowest BCUT2D eigenvalue weighted by Crippen LogP contribution is -2.41. The van der Waals surface area contributed by atoms with Gasteiger partial charge in [-0.05, 0) is 72.1 Å². The van der Waals surface area contributed by atoms with E-state index in [1.54, 1.807) is 0 Å². The zero-order valence-corrected chi connectivity index (χ0v) is 18.2. The van der Waals surface area contributed by atoms with Crippen LogP contribution in [0.5, 0.6) is 0 Å². The first-order valence-corrected chi connectivity index (χ1v) is 12.0. The number of carbonyl (C=O) groups is 1. The highest BCUT2D eigenvalue weighted by Crippen LogP contribution is 2.60. The van der Waals surface area contributed by atoms with Crippen LogP contribution in [0, 0.1) is 17.3 Å². The van der Waals surface area contributed by atoms with Crippen molar-refractivity contribution in [2.75, 3.05) is 18.1 Å². The van der Waals surface area contributed by atoms with Crippen molar-refractivity contribution < 1.29 is 4.79 Å². The van der Waals surface area contributed by atoms with Crippen LogP contribution in [0.3, 0.4) is 0 Å². The molecule has 1 aromatic carbocycles. The predicted molar refractivity (Wildman–Crippen MR) is 117 cm³/mol. The van der Waals surface area contributed by atoms with E-state index < -0.39 is 0 Å². The number of nitrogens with one attached hydrogen (secondary N) is 2. The lowest BCUT2D eigenvalue weighted by molar-refractivity contribution is 0.227. The highest BCUT2D eigenvalue weighted by atomic mass is 35.5. The molecule has 150 valence electrons. The van der Waals surface area contributed by atoms with Crippen LogP contribution in [0.4, 0.5) is 4.79 Å². The normalized spacial score (nSPS) is 22.9. The van der Waals surface area contributed by atoms with Crippen molar-refractivity contribution in [2.45, 2.75) is 58.4 Å². The van der Waals surface area contributed by atoms with E-state index in [2.05, 4.69) is 42.3 Å². The minimum Gasteiger partial charge on any atom is -0.338 e. The molecule has 27 heavy (non-hydrogen) atoms. The van der Waals surface area contributed by atoms with Crippen LogP contribution in [0.15, 0.2) is 24.3 Å². The van der Waals surface area contributed by atoms with Gasteiger partial charge in [0.05, 0.1) is 6.04 Å². The summed E-state index contributed by atoms with van der Waals surface area (Å²) in [5, 5.41) is 7.14. The van der Waals surface area contributed by atoms with E-state index in [0.29, 0.717) is 17.3 Å². The summed E-state index contributed by atoms with van der Waals surface area (Å²) in [6, 6.07) is 7.88. The maximum atomic E-state index is 12.7. The Morgan fingerprint density at radius 3 is 2.78 bits per heavy atom. The molecule has 1 aliphatic heterocycles. The fourth-order valence-corrected chi connectivity index (χ4v) is 6.17. The van der Waals surface area contributed by atoms with Crippen LogP contribution in [0.2, 0.25) is 5.02 Å². The molecule has 3 unspecified atom stereocenters. The number of hydrogen-bond donors (Lipinski definition) is 2. The smallest absolute Gasteiger partial charge is 0.315 e. The van der Waals surface area contributed by atoms with Crippen LogP contribution in [-0.4, -0.2) is 24.1 Å². The summed E-state index contributed by atoms with van der Waals surface area (Å²) in [6.07, 6.45) is 7.18. The predicted octanol–water partition coefficient (Wildman–Crippen LogP) is 6.04. The van der Waals surface area contributed by atoms with Gasteiger partial charge < -0.3 is 10.6 Å². The van der Waals surface area contributed by atoms with Gasteiger partial charge in [-0.1, -0.05) is 50.4 Å². The molecule has 1 saturated heterocycles. The van der Waals surface area contributed by atoms with E-state index in [9.17, 15) is 4.79 Å². The van der Waals surface area contributed by atoms with Crippen LogP contribution >= 0.6 is 23.4 Å². The highest BCUT2D eigenvalue weighted by molar-refractivity contribution is 7.99. The topological polar surface area (TPSA) is 41.1 Å². The fraction of sp³-hybridized carbons (Fsp3) is 0.682. The number of halogens is 1. The summed E-state index contributed by atoms with van der Waals surface area (Å²) < 4.78 is 0. The SMILES string of the molecule is CCCC(CC)C(NC(=O)NCC1CC12CCSCC2)c1cccc(Cl)c1. The molecule has 0 bridgehead atoms. The van der Waals surface area contributed by atoms with E-state index >= 15 is 0 Å². The van der Waals surface area contributed by atoms with Gasteiger partial charge in [-0.15, -0.1) is 0 Å². The third-order valence-electron chi connectivity index (χ3n) is 6.51. The number of rotatable bonds is 8. The molecular weight excluding hydrogens is 376 g/mol. The molecule has 2 N–H and O–H groups in total. The first-order valence-electron chi connectivity index (χ1n) is 10.5. The molecule has 2 amide bonds. The third-order valence-corrected chi connectivity index (χ3v) is 7.73. The standard InChI is InChI=1S/C22H33ClN2OS/c1-3-6-16(4-2)20(17-7-5-8-19(23)13-17)25-21(26)24-15-18-14-22(18)9-11-27-12-10-22/h5,7-8,13,16,18,20H,3-4,6,9-12,14-15H2,1-2H3,(H2,24,25,26). The maximum Gasteiger partial charge on any atom is 0.315 e. The van der Waals surface area contributed by atoms with E-state index in [0.717, 1.165) is 36.4 Å². The summed E-state index contributed by atoms with van der Waals surface area (Å²) in [5.41, 5.74) is 1.64. The number of amides is 2. The summed E-state index contributed by atoms with van der Waals surface area (Å²) >= 11 is 8.28. The highest BCUT2D eigenvalue weighted by Gasteiger charge is 2.53. The van der Waals surface area contributed by atoms with Crippen molar-refractivity contribution in [1.82, 2.24) is 10.6 Å². The Morgan fingerprint density at radius 2 is 2.11 bits per heavy atom. The first-order chi connectivity index (χ1) is 13.1. The summed E-state index contributed by atoms with van der Waals surface area (Å²) in [7, 11) is 0. The van der Waals surface area contributed by atoms with Gasteiger partial charge in [0.1, 0.15) is 0 Å². The average Bonchev–Trinajstić information content (AvgIpc) is 3.34. The van der Waals surface area contributed by atoms with Gasteiger partial charge in [0, 0.05) is 11.6 Å². The minimum absolute atomic E-state index is 0.00731. The zero-order valence-electron chi connectivity index (χ0n) is 16.6. The fourth-order valence-electron chi connectivity index (χ4n) is 4.67. The zero-order chi connectivity index (χ0) is 19.3. The van der Waals surface area contributed by atoms with Crippen LogP contribution in [0.1, 0.15) is 64.0 Å². The first kappa shape index (κ1) is 20.9. The van der Waals surface area contributed by atoms with E-state index in [1.165, 1.54) is 30.8 Å². The Hall–Kier alpha value is -0.870. The molecule has 0 aromatic heterocycles. The molecule has 2 fully saturated rings. The maximum absolute atomic E-state index is 12.7. The van der Waals surface area contributed by atoms with E-state index in [4.69, 9.17) is 11.6 Å². The molecule has 3 nitrogen and oxygen atoms in total. The molecule has 0 radical (unpaired) electrons. The monoisotopic (exact) mass is 408 g/mol. The van der Waals surface area contributed by atoms with Crippen molar-refractivity contribution in [2.24, 2.45) is 17.3 Å². The van der Waals surface area contributed by atoms with Gasteiger partial charge >= 0.3 is 6.03 Å². The Labute approximate surface area is 173 Å². The van der Waals surface area contributed by atoms with E-state index in [1.807, 2.05) is 18.2 Å². The molecule has 1 heterocycles. The molecule has 1 saturated carbocycles. The summed E-state index contributed by atoms with van der Waals surface area (Å²) in [6.45, 7) is 5.21. The Balaban J connectivity index is 1.58. The summed E-state index contributed by atoms with van der Waals surface area (Å²) in [4.78, 5) is 12.7. The molecule has 1 spiro atoms. The van der Waals surface area contributed by atoms with Crippen LogP contribution in [-0.2, 0) is 0 Å². The Kier molecular flexibility index (Phi) is 7.38. The van der Waals surface area contributed by atoms with Crippen molar-refractivity contribution in [3.8, 4) is 0 Å². The number of hydrogen-bond acceptors (Lipinski definition) is 2. The average molecular weight is 409 g/mol. The molecule has 5 heteroatoms. The number of carbonyl (C=O) groups excluding carboxylic acids is 1. The van der Waals surface area contributed by atoms with Crippen molar-refractivity contribution in [3.63, 3.8) is 0 Å². The van der Waals surface area contributed by atoms with Gasteiger partial charge in [0.2, 0.25) is 0 Å². The Morgan fingerprint density at radius 1 is 1.33 bits per heavy atom. The second-order valence-electron chi connectivity index (χ2n) is 8.22. The van der Waals surface area contributed by atoms with Gasteiger partial charge in [0.25, 0.3) is 0 Å². The lowest BCUT2D eigenvalue weighted by Gasteiger charge is -2.28. The van der Waals surface area contributed by atoms with Crippen LogP contribution < -0.4 is 10.6 Å². The van der Waals surface area contributed by atoms with Gasteiger partial charge in [-0.2, -0.15) is 11.8 Å². The molecule has 1 aromatic rings. The summed E-state index contributed by atoms with van der Waals surface area (Å²) in [5.74, 6) is 3.66. The molecule has 2 aliphatic rings. The van der Waals surface area contributed by atoms with Crippen molar-refractivity contribution in [3.05, 3.63) is 34.9 Å². The van der Waals surface area contributed by atoms with Gasteiger partial charge in [-0.25, -0.2) is 4.79 Å². The largest absolute Gasteiger partial charge is 0.338 e. The van der Waals surface area contributed by atoms with Gasteiger partial charge in [0.15, 0.2) is 0 Å². The molecule has 3 rings (SSSR count). The lowest BCUT2D eigenvalue weighted by atomic mass is 9.87. The van der Waals surface area contributed by atoms with Gasteiger partial charge in [-0.3, -0.25) is 0 Å². The minimum atomic E-state index is -0.0400. The Bertz CT molecular complexity index is 632. The third kappa shape index (κ3) is 5.35. The quantitative estimate of drug-likeness (QED) is 0.550. The molecule has 3 atom stereocenters. The van der Waals surface area contributed by atoms with E-state index in [-0.39, 0.29) is 12.1 Å². The van der Waals surface area contributed by atoms with Crippen molar-refractivity contribution >= 4 is 29.4 Å². The molecular formula is C22H33ClN2OS. The number of benzene rings is 1. The number of urea groups is 1. The second-order valence-corrected chi connectivity index (χ2v) is 9.88. The van der Waals surface area contributed by atoms with Crippen LogP contribution in [0.25, 0.3) is 0 Å². The number of thioether (sulfide) groups is 1.